The van der Waals surface area contributed by atoms with E-state index in [2.05, 4.69) is 64.1 Å². The fourth-order valence-electron chi connectivity index (χ4n) is 4.77. The molecule has 0 bridgehead atoms. The Morgan fingerprint density at radius 1 is 1.06 bits per heavy atom. The van der Waals surface area contributed by atoms with Crippen LogP contribution in [0, 0.1) is 0 Å². The summed E-state index contributed by atoms with van der Waals surface area (Å²) in [5, 5.41) is 8.34. The first-order valence-electron chi connectivity index (χ1n) is 12.0. The Hall–Kier alpha value is -2.90. The second kappa shape index (κ2) is 7.55. The zero-order chi connectivity index (χ0) is 23.7. The van der Waals surface area contributed by atoms with Crippen molar-refractivity contribution in [1.82, 2.24) is 14.8 Å². The first-order chi connectivity index (χ1) is 16.3. The van der Waals surface area contributed by atoms with Crippen molar-refractivity contribution in [3.63, 3.8) is 0 Å². The zero-order valence-electron chi connectivity index (χ0n) is 20.5. The van der Waals surface area contributed by atoms with E-state index in [4.69, 9.17) is 24.1 Å². The fourth-order valence-corrected chi connectivity index (χ4v) is 4.77. The van der Waals surface area contributed by atoms with E-state index in [9.17, 15) is 0 Å². The number of ether oxygens (including phenoxy) is 1. The second-order valence-electron chi connectivity index (χ2n) is 10.5. The van der Waals surface area contributed by atoms with Gasteiger partial charge in [-0.15, -0.1) is 0 Å². The highest BCUT2D eigenvalue weighted by Gasteiger charge is 2.52. The van der Waals surface area contributed by atoms with Crippen LogP contribution in [0.2, 0.25) is 0 Å². The van der Waals surface area contributed by atoms with Crippen molar-refractivity contribution < 1.29 is 14.0 Å². The number of hydrogen-bond donors (Lipinski definition) is 0. The smallest absolute Gasteiger partial charge is 0.497 e. The molecule has 1 saturated carbocycles. The van der Waals surface area contributed by atoms with E-state index in [0.717, 1.165) is 38.7 Å². The van der Waals surface area contributed by atoms with Gasteiger partial charge in [0, 0.05) is 23.0 Å². The molecule has 6 nitrogen and oxygen atoms in total. The van der Waals surface area contributed by atoms with Crippen LogP contribution >= 0.6 is 0 Å². The molecule has 34 heavy (non-hydrogen) atoms. The molecule has 2 aromatic carbocycles. The number of benzene rings is 2. The van der Waals surface area contributed by atoms with Crippen LogP contribution in [0.15, 0.2) is 48.7 Å². The summed E-state index contributed by atoms with van der Waals surface area (Å²) in [4.78, 5) is 4.89. The molecule has 1 aliphatic heterocycles. The third-order valence-electron chi connectivity index (χ3n) is 7.60. The summed E-state index contributed by atoms with van der Waals surface area (Å²) >= 11 is 0. The Kier molecular flexibility index (Phi) is 4.80. The number of pyridine rings is 1. The number of methoxy groups -OCH3 is 1. The van der Waals surface area contributed by atoms with Crippen molar-refractivity contribution in [2.45, 2.75) is 64.2 Å². The van der Waals surface area contributed by atoms with Gasteiger partial charge in [0.1, 0.15) is 5.75 Å². The first-order valence-corrected chi connectivity index (χ1v) is 12.0. The van der Waals surface area contributed by atoms with Gasteiger partial charge in [-0.2, -0.15) is 5.10 Å². The third-order valence-corrected chi connectivity index (χ3v) is 7.60. The average Bonchev–Trinajstić information content (AvgIpc) is 3.55. The van der Waals surface area contributed by atoms with Crippen LogP contribution in [0.25, 0.3) is 21.8 Å². The first kappa shape index (κ1) is 21.6. The van der Waals surface area contributed by atoms with Gasteiger partial charge in [0.25, 0.3) is 0 Å². The molecule has 2 fully saturated rings. The topological polar surface area (TPSA) is 58.4 Å². The zero-order valence-corrected chi connectivity index (χ0v) is 20.5. The Bertz CT molecular complexity index is 1380. The largest absolute Gasteiger partial charge is 0.498 e. The van der Waals surface area contributed by atoms with E-state index in [-0.39, 0.29) is 0 Å². The lowest BCUT2D eigenvalue weighted by molar-refractivity contribution is 0.00578. The van der Waals surface area contributed by atoms with Crippen LogP contribution in [-0.4, -0.2) is 40.2 Å². The monoisotopic (exact) mass is 455 g/mol. The molecule has 2 aromatic heterocycles. The Labute approximate surface area is 200 Å². The van der Waals surface area contributed by atoms with Crippen LogP contribution < -0.4 is 10.2 Å². The van der Waals surface area contributed by atoms with Crippen molar-refractivity contribution in [3.8, 4) is 5.75 Å². The van der Waals surface area contributed by atoms with E-state index in [1.54, 1.807) is 7.11 Å². The highest BCUT2D eigenvalue weighted by atomic mass is 16.7. The van der Waals surface area contributed by atoms with Gasteiger partial charge in [0.05, 0.1) is 35.9 Å². The second-order valence-corrected chi connectivity index (χ2v) is 10.5. The summed E-state index contributed by atoms with van der Waals surface area (Å²) in [6.07, 6.45) is 4.29. The van der Waals surface area contributed by atoms with E-state index in [1.807, 2.05) is 16.9 Å². The summed E-state index contributed by atoms with van der Waals surface area (Å²) < 4.78 is 20.6. The minimum Gasteiger partial charge on any atom is -0.497 e. The molecule has 0 spiro atoms. The van der Waals surface area contributed by atoms with Crippen LogP contribution in [0.4, 0.5) is 0 Å². The molecule has 1 saturated heterocycles. The van der Waals surface area contributed by atoms with Crippen LogP contribution in [0.1, 0.15) is 57.7 Å². The summed E-state index contributed by atoms with van der Waals surface area (Å²) in [5.74, 6) is 1.26. The van der Waals surface area contributed by atoms with Gasteiger partial charge in [0.15, 0.2) is 5.65 Å². The lowest BCUT2D eigenvalue weighted by Crippen LogP contribution is -2.41. The highest BCUT2D eigenvalue weighted by Crippen LogP contribution is 2.44. The number of fused-ring (bicyclic) bond motifs is 3. The number of aromatic nitrogens is 3. The van der Waals surface area contributed by atoms with Crippen molar-refractivity contribution in [1.29, 1.82) is 0 Å². The van der Waals surface area contributed by atoms with Gasteiger partial charge < -0.3 is 14.0 Å². The molecule has 0 atom stereocenters. The number of hydrogen-bond acceptors (Lipinski definition) is 5. The van der Waals surface area contributed by atoms with Crippen molar-refractivity contribution >= 4 is 34.4 Å². The highest BCUT2D eigenvalue weighted by molar-refractivity contribution is 6.63. The van der Waals surface area contributed by atoms with Gasteiger partial charge in [-0.05, 0) is 63.6 Å². The normalized spacial score (nSPS) is 19.3. The maximum Gasteiger partial charge on any atom is 0.498 e. The van der Waals surface area contributed by atoms with Crippen LogP contribution in [0.5, 0.6) is 5.75 Å². The summed E-state index contributed by atoms with van der Waals surface area (Å²) in [6, 6.07) is 14.6. The van der Waals surface area contributed by atoms with E-state index in [1.165, 1.54) is 18.4 Å². The molecule has 0 radical (unpaired) electrons. The van der Waals surface area contributed by atoms with E-state index < -0.39 is 18.3 Å². The molecule has 0 amide bonds. The maximum absolute atomic E-state index is 6.33. The lowest BCUT2D eigenvalue weighted by Gasteiger charge is -2.32. The molecular weight excluding hydrogens is 425 g/mol. The van der Waals surface area contributed by atoms with Gasteiger partial charge >= 0.3 is 7.12 Å². The molecular formula is C27H30BN3O3. The van der Waals surface area contributed by atoms with E-state index >= 15 is 0 Å². The molecule has 7 heteroatoms. The van der Waals surface area contributed by atoms with Gasteiger partial charge in [-0.25, -0.2) is 9.67 Å². The lowest BCUT2D eigenvalue weighted by atomic mass is 9.77. The van der Waals surface area contributed by atoms with Crippen LogP contribution in [-0.2, 0) is 15.9 Å². The average molecular weight is 455 g/mol. The van der Waals surface area contributed by atoms with Crippen LogP contribution in [0.3, 0.4) is 0 Å². The quantitative estimate of drug-likeness (QED) is 0.404. The Morgan fingerprint density at radius 3 is 2.41 bits per heavy atom. The van der Waals surface area contributed by atoms with Gasteiger partial charge in [0.2, 0.25) is 0 Å². The van der Waals surface area contributed by atoms with Crippen molar-refractivity contribution in [2.75, 3.05) is 7.11 Å². The van der Waals surface area contributed by atoms with Crippen molar-refractivity contribution in [3.05, 3.63) is 59.9 Å². The fraction of sp³-hybridized carbons (Fsp3) is 0.407. The molecule has 3 heterocycles. The predicted octanol–water partition coefficient (Wildman–Crippen LogP) is 4.82. The van der Waals surface area contributed by atoms with Crippen molar-refractivity contribution in [2.24, 2.45) is 0 Å². The standard InChI is InChI=1S/C27H30BN3O3/c1-26(2)27(3,4)34-28(33-26)21-13-19-15-29-25-23(20(19)14-22(21)32-5)24(18-11-12-18)30-31(25)16-17-9-7-6-8-10-17/h6-10,13-15,18H,11-12,16H2,1-5H3. The maximum atomic E-state index is 6.33. The number of rotatable bonds is 5. The third kappa shape index (κ3) is 3.41. The minimum atomic E-state index is -0.497. The summed E-state index contributed by atoms with van der Waals surface area (Å²) in [6.45, 7) is 8.96. The van der Waals surface area contributed by atoms with Gasteiger partial charge in [-0.3, -0.25) is 0 Å². The summed E-state index contributed by atoms with van der Waals surface area (Å²) in [7, 11) is 1.21. The molecule has 6 rings (SSSR count). The molecule has 174 valence electrons. The number of nitrogens with zero attached hydrogens (tertiary/aromatic N) is 3. The SMILES string of the molecule is COc1cc2c(cnc3c2c(C2CC2)nn3Cc2ccccc2)cc1B1OC(C)(C)C(C)(C)O1. The van der Waals surface area contributed by atoms with E-state index in [0.29, 0.717) is 12.5 Å². The predicted molar refractivity (Wildman–Crippen MR) is 135 cm³/mol. The Balaban J connectivity index is 1.50. The molecule has 0 N–H and O–H groups in total. The van der Waals surface area contributed by atoms with Gasteiger partial charge in [-0.1, -0.05) is 30.3 Å². The summed E-state index contributed by atoms with van der Waals surface area (Å²) in [5.41, 5.74) is 3.33. The minimum absolute atomic E-state index is 0.419. The molecule has 4 aromatic rings. The molecule has 0 unspecified atom stereocenters. The molecule has 2 aliphatic rings. The Morgan fingerprint density at radius 2 is 1.76 bits per heavy atom. The molecule has 1 aliphatic carbocycles.